The van der Waals surface area contributed by atoms with E-state index in [1.54, 1.807) is 7.11 Å². The Hall–Kier alpha value is -1.84. The Bertz CT molecular complexity index is 513. The van der Waals surface area contributed by atoms with Gasteiger partial charge in [-0.25, -0.2) is 0 Å². The predicted octanol–water partition coefficient (Wildman–Crippen LogP) is 3.02. The first-order valence-corrected chi connectivity index (χ1v) is 6.85. The molecule has 0 radical (unpaired) electrons. The van der Waals surface area contributed by atoms with E-state index >= 15 is 0 Å². The highest BCUT2D eigenvalue weighted by Gasteiger charge is 2.08. The number of rotatable bonds is 7. The van der Waals surface area contributed by atoms with Crippen molar-refractivity contribution < 1.29 is 9.84 Å². The van der Waals surface area contributed by atoms with E-state index in [1.165, 1.54) is 5.56 Å². The van der Waals surface area contributed by atoms with Crippen LogP contribution in [0.4, 0.5) is 5.69 Å². The van der Waals surface area contributed by atoms with Gasteiger partial charge < -0.3 is 15.2 Å². The SMILES string of the molecule is COCCc1ccccc1NCC(O)c1ccccc1. The number of para-hydroxylation sites is 1. The van der Waals surface area contributed by atoms with Crippen molar-refractivity contribution >= 4 is 5.69 Å². The molecule has 2 rings (SSSR count). The lowest BCUT2D eigenvalue weighted by Gasteiger charge is -2.15. The molecule has 0 aliphatic carbocycles. The van der Waals surface area contributed by atoms with Gasteiger partial charge in [0, 0.05) is 19.3 Å². The van der Waals surface area contributed by atoms with Crippen molar-refractivity contribution in [3.8, 4) is 0 Å². The predicted molar refractivity (Wildman–Crippen MR) is 81.9 cm³/mol. The van der Waals surface area contributed by atoms with Crippen LogP contribution in [0.3, 0.4) is 0 Å². The molecule has 0 amide bonds. The number of nitrogens with one attached hydrogen (secondary N) is 1. The van der Waals surface area contributed by atoms with E-state index in [4.69, 9.17) is 4.74 Å². The van der Waals surface area contributed by atoms with Crippen LogP contribution in [0.1, 0.15) is 17.2 Å². The van der Waals surface area contributed by atoms with Crippen molar-refractivity contribution in [1.29, 1.82) is 0 Å². The third-order valence-corrected chi connectivity index (χ3v) is 3.26. The molecule has 0 heterocycles. The normalized spacial score (nSPS) is 12.1. The van der Waals surface area contributed by atoms with Crippen LogP contribution in [0.25, 0.3) is 0 Å². The van der Waals surface area contributed by atoms with Gasteiger partial charge in [0.05, 0.1) is 12.7 Å². The van der Waals surface area contributed by atoms with Crippen LogP contribution in [0.2, 0.25) is 0 Å². The van der Waals surface area contributed by atoms with E-state index in [1.807, 2.05) is 48.5 Å². The van der Waals surface area contributed by atoms with Crippen LogP contribution in [0.5, 0.6) is 0 Å². The highest BCUT2D eigenvalue weighted by molar-refractivity contribution is 5.51. The van der Waals surface area contributed by atoms with Crippen molar-refractivity contribution in [2.75, 3.05) is 25.6 Å². The zero-order valence-corrected chi connectivity index (χ0v) is 11.8. The average molecular weight is 271 g/mol. The van der Waals surface area contributed by atoms with Crippen LogP contribution < -0.4 is 5.32 Å². The molecule has 106 valence electrons. The van der Waals surface area contributed by atoms with Gasteiger partial charge in [0.2, 0.25) is 0 Å². The lowest BCUT2D eigenvalue weighted by atomic mass is 10.1. The summed E-state index contributed by atoms with van der Waals surface area (Å²) < 4.78 is 5.12. The third kappa shape index (κ3) is 4.08. The van der Waals surface area contributed by atoms with E-state index in [0.717, 1.165) is 17.7 Å². The van der Waals surface area contributed by atoms with E-state index in [9.17, 15) is 5.11 Å². The van der Waals surface area contributed by atoms with Gasteiger partial charge >= 0.3 is 0 Å². The molecule has 20 heavy (non-hydrogen) atoms. The second-order valence-corrected chi connectivity index (χ2v) is 4.71. The number of methoxy groups -OCH3 is 1. The van der Waals surface area contributed by atoms with E-state index < -0.39 is 6.10 Å². The Morgan fingerprint density at radius 3 is 2.50 bits per heavy atom. The topological polar surface area (TPSA) is 41.5 Å². The van der Waals surface area contributed by atoms with Gasteiger partial charge in [0.25, 0.3) is 0 Å². The molecule has 0 aliphatic heterocycles. The number of aliphatic hydroxyl groups is 1. The molecule has 0 bridgehead atoms. The maximum atomic E-state index is 10.2. The van der Waals surface area contributed by atoms with E-state index in [2.05, 4.69) is 11.4 Å². The van der Waals surface area contributed by atoms with Crippen LogP contribution in [-0.2, 0) is 11.2 Å². The van der Waals surface area contributed by atoms with Gasteiger partial charge in [-0.2, -0.15) is 0 Å². The lowest BCUT2D eigenvalue weighted by Crippen LogP contribution is -2.13. The van der Waals surface area contributed by atoms with Crippen molar-refractivity contribution in [3.63, 3.8) is 0 Å². The lowest BCUT2D eigenvalue weighted by molar-refractivity contribution is 0.191. The molecule has 0 saturated heterocycles. The number of hydrogen-bond donors (Lipinski definition) is 2. The fourth-order valence-electron chi connectivity index (χ4n) is 2.12. The molecule has 0 aliphatic rings. The number of benzene rings is 2. The quantitative estimate of drug-likeness (QED) is 0.813. The zero-order chi connectivity index (χ0) is 14.2. The number of aliphatic hydroxyl groups excluding tert-OH is 1. The highest BCUT2D eigenvalue weighted by Crippen LogP contribution is 2.18. The molecular weight excluding hydrogens is 250 g/mol. The summed E-state index contributed by atoms with van der Waals surface area (Å²) in [5.74, 6) is 0. The van der Waals surface area contributed by atoms with Gasteiger partial charge in [-0.15, -0.1) is 0 Å². The number of anilines is 1. The van der Waals surface area contributed by atoms with Crippen molar-refractivity contribution in [2.24, 2.45) is 0 Å². The minimum absolute atomic E-state index is 0.494. The smallest absolute Gasteiger partial charge is 0.0962 e. The highest BCUT2D eigenvalue weighted by atomic mass is 16.5. The second-order valence-electron chi connectivity index (χ2n) is 4.71. The molecule has 2 N–H and O–H groups in total. The van der Waals surface area contributed by atoms with Gasteiger partial charge in [-0.05, 0) is 23.6 Å². The Labute approximate surface area is 120 Å². The van der Waals surface area contributed by atoms with Gasteiger partial charge in [-0.1, -0.05) is 48.5 Å². The fraction of sp³-hybridized carbons (Fsp3) is 0.294. The van der Waals surface area contributed by atoms with Crippen LogP contribution in [0, 0.1) is 0 Å². The average Bonchev–Trinajstić information content (AvgIpc) is 2.52. The summed E-state index contributed by atoms with van der Waals surface area (Å²) in [6.07, 6.45) is 0.355. The molecule has 3 heteroatoms. The van der Waals surface area contributed by atoms with Crippen LogP contribution in [0.15, 0.2) is 54.6 Å². The first-order chi connectivity index (χ1) is 9.81. The minimum Gasteiger partial charge on any atom is -0.387 e. The molecular formula is C17H21NO2. The van der Waals surface area contributed by atoms with E-state index in [0.29, 0.717) is 13.2 Å². The fourth-order valence-corrected chi connectivity index (χ4v) is 2.12. The van der Waals surface area contributed by atoms with Gasteiger partial charge in [-0.3, -0.25) is 0 Å². The maximum Gasteiger partial charge on any atom is 0.0962 e. The third-order valence-electron chi connectivity index (χ3n) is 3.26. The summed E-state index contributed by atoms with van der Waals surface area (Å²) in [6.45, 7) is 1.19. The summed E-state index contributed by atoms with van der Waals surface area (Å²) in [6, 6.07) is 17.8. The molecule has 0 fully saturated rings. The molecule has 0 aromatic heterocycles. The molecule has 1 unspecified atom stereocenters. The van der Waals surface area contributed by atoms with E-state index in [-0.39, 0.29) is 0 Å². The molecule has 2 aromatic rings. The number of hydrogen-bond acceptors (Lipinski definition) is 3. The largest absolute Gasteiger partial charge is 0.387 e. The summed E-state index contributed by atoms with van der Waals surface area (Å²) in [5.41, 5.74) is 3.18. The summed E-state index contributed by atoms with van der Waals surface area (Å²) in [5, 5.41) is 13.5. The molecule has 3 nitrogen and oxygen atoms in total. The molecule has 1 atom stereocenters. The standard InChI is InChI=1S/C17H21NO2/c1-20-12-11-14-7-5-6-10-16(14)18-13-17(19)15-8-3-2-4-9-15/h2-10,17-19H,11-13H2,1H3. The summed E-state index contributed by atoms with van der Waals surface area (Å²) in [7, 11) is 1.70. The number of ether oxygens (including phenoxy) is 1. The first-order valence-electron chi connectivity index (χ1n) is 6.85. The van der Waals surface area contributed by atoms with Crippen molar-refractivity contribution in [3.05, 3.63) is 65.7 Å². The minimum atomic E-state index is -0.508. The van der Waals surface area contributed by atoms with Crippen molar-refractivity contribution in [1.82, 2.24) is 0 Å². The Balaban J connectivity index is 1.96. The Morgan fingerprint density at radius 2 is 1.75 bits per heavy atom. The van der Waals surface area contributed by atoms with Crippen molar-refractivity contribution in [2.45, 2.75) is 12.5 Å². The van der Waals surface area contributed by atoms with Gasteiger partial charge in [0.1, 0.15) is 0 Å². The molecule has 0 saturated carbocycles. The maximum absolute atomic E-state index is 10.2. The molecule has 2 aromatic carbocycles. The zero-order valence-electron chi connectivity index (χ0n) is 11.8. The monoisotopic (exact) mass is 271 g/mol. The Kier molecular flexibility index (Phi) is 5.59. The van der Waals surface area contributed by atoms with Crippen LogP contribution >= 0.6 is 0 Å². The summed E-state index contributed by atoms with van der Waals surface area (Å²) in [4.78, 5) is 0. The Morgan fingerprint density at radius 1 is 1.05 bits per heavy atom. The summed E-state index contributed by atoms with van der Waals surface area (Å²) >= 11 is 0. The first kappa shape index (κ1) is 14.6. The van der Waals surface area contributed by atoms with Gasteiger partial charge in [0.15, 0.2) is 0 Å². The molecule has 0 spiro atoms. The second kappa shape index (κ2) is 7.68. The van der Waals surface area contributed by atoms with Crippen LogP contribution in [-0.4, -0.2) is 25.4 Å².